The van der Waals surface area contributed by atoms with E-state index in [9.17, 15) is 13.2 Å². The molecule has 4 aromatic heterocycles. The lowest BCUT2D eigenvalue weighted by atomic mass is 9.66. The van der Waals surface area contributed by atoms with Crippen molar-refractivity contribution in [3.63, 3.8) is 0 Å². The van der Waals surface area contributed by atoms with Gasteiger partial charge in [0.05, 0.1) is 11.7 Å². The van der Waals surface area contributed by atoms with Crippen LogP contribution in [0.4, 0.5) is 19.0 Å². The van der Waals surface area contributed by atoms with Gasteiger partial charge in [-0.05, 0) is 49.3 Å². The third-order valence-electron chi connectivity index (χ3n) is 8.09. The highest BCUT2D eigenvalue weighted by atomic mass is 19.4. The van der Waals surface area contributed by atoms with E-state index in [1.807, 2.05) is 6.20 Å². The number of alkyl halides is 3. The zero-order valence-corrected chi connectivity index (χ0v) is 19.7. The molecule has 0 radical (unpaired) electrons. The first-order valence-corrected chi connectivity index (χ1v) is 12.6. The summed E-state index contributed by atoms with van der Waals surface area (Å²) >= 11 is 0. The van der Waals surface area contributed by atoms with Crippen LogP contribution in [0.2, 0.25) is 0 Å². The second-order valence-corrected chi connectivity index (χ2v) is 10.2. The molecule has 36 heavy (non-hydrogen) atoms. The van der Waals surface area contributed by atoms with E-state index >= 15 is 0 Å². The Morgan fingerprint density at radius 1 is 1.06 bits per heavy atom. The molecule has 0 spiro atoms. The molecule has 3 aliphatic rings. The molecule has 2 N–H and O–H groups in total. The van der Waals surface area contributed by atoms with Gasteiger partial charge in [-0.1, -0.05) is 6.42 Å². The van der Waals surface area contributed by atoms with E-state index in [0.717, 1.165) is 55.7 Å². The number of nitrogens with zero attached hydrogens (tertiary/aromatic N) is 5. The van der Waals surface area contributed by atoms with Crippen LogP contribution in [-0.2, 0) is 5.41 Å². The lowest BCUT2D eigenvalue weighted by Gasteiger charge is -2.42. The Hall–Kier alpha value is -3.27. The summed E-state index contributed by atoms with van der Waals surface area (Å²) in [6.45, 7) is 3.38. The number of nitrogens with one attached hydrogen (secondary N) is 2. The van der Waals surface area contributed by atoms with Crippen LogP contribution in [0.1, 0.15) is 49.3 Å². The van der Waals surface area contributed by atoms with E-state index in [2.05, 4.69) is 25.2 Å². The van der Waals surface area contributed by atoms with Gasteiger partial charge in [0.2, 0.25) is 0 Å². The molecule has 2 saturated carbocycles. The van der Waals surface area contributed by atoms with Crippen molar-refractivity contribution in [1.29, 1.82) is 0 Å². The molecule has 4 aromatic rings. The van der Waals surface area contributed by atoms with Crippen molar-refractivity contribution in [3.8, 4) is 11.4 Å². The van der Waals surface area contributed by atoms with Crippen LogP contribution in [0.3, 0.4) is 0 Å². The largest absolute Gasteiger partial charge is 0.399 e. The van der Waals surface area contributed by atoms with Gasteiger partial charge in [0.1, 0.15) is 16.9 Å². The molecule has 0 atom stereocenters. The molecule has 7 rings (SSSR count). The van der Waals surface area contributed by atoms with E-state index in [-0.39, 0.29) is 18.5 Å². The second kappa shape index (κ2) is 7.86. The number of piperazine rings is 1. The van der Waals surface area contributed by atoms with Crippen LogP contribution in [0.15, 0.2) is 30.7 Å². The first kappa shape index (κ1) is 22.0. The highest BCUT2D eigenvalue weighted by Gasteiger charge is 2.60. The monoisotopic (exact) mass is 493 g/mol. The molecule has 1 aliphatic heterocycles. The van der Waals surface area contributed by atoms with Gasteiger partial charge in [-0.3, -0.25) is 4.98 Å². The third kappa shape index (κ3) is 3.30. The molecule has 0 aromatic carbocycles. The van der Waals surface area contributed by atoms with Crippen molar-refractivity contribution in [2.75, 3.05) is 31.1 Å². The Kier molecular flexibility index (Phi) is 4.80. The fraction of sp³-hybridized carbons (Fsp3) is 0.462. The number of anilines is 1. The average molecular weight is 494 g/mol. The van der Waals surface area contributed by atoms with Crippen molar-refractivity contribution in [2.24, 2.45) is 0 Å². The van der Waals surface area contributed by atoms with Crippen LogP contribution < -0.4 is 10.2 Å². The zero-order chi connectivity index (χ0) is 24.5. The molecular weight excluding hydrogens is 467 g/mol. The molecule has 1 saturated heterocycles. The Labute approximate surface area is 205 Å². The number of aromatic nitrogens is 5. The first-order valence-electron chi connectivity index (χ1n) is 12.6. The second-order valence-electron chi connectivity index (χ2n) is 10.2. The molecule has 5 heterocycles. The van der Waals surface area contributed by atoms with Crippen molar-refractivity contribution >= 4 is 27.8 Å². The lowest BCUT2D eigenvalue weighted by Crippen LogP contribution is -2.48. The van der Waals surface area contributed by atoms with Crippen molar-refractivity contribution in [1.82, 2.24) is 30.2 Å². The predicted octanol–water partition coefficient (Wildman–Crippen LogP) is 4.84. The highest BCUT2D eigenvalue weighted by molar-refractivity contribution is 5.97. The summed E-state index contributed by atoms with van der Waals surface area (Å²) in [5.74, 6) is 1.85. The molecular formula is C26H26F3N7. The number of hydrogen-bond acceptors (Lipinski definition) is 6. The van der Waals surface area contributed by atoms with Gasteiger partial charge < -0.3 is 15.2 Å². The normalized spacial score (nSPS) is 20.1. The van der Waals surface area contributed by atoms with E-state index in [1.54, 1.807) is 24.5 Å². The number of rotatable bonds is 4. The van der Waals surface area contributed by atoms with Gasteiger partial charge >= 0.3 is 6.18 Å². The van der Waals surface area contributed by atoms with E-state index < -0.39 is 11.6 Å². The maximum absolute atomic E-state index is 14.1. The quantitative estimate of drug-likeness (QED) is 0.424. The van der Waals surface area contributed by atoms with Gasteiger partial charge in [0.15, 0.2) is 5.82 Å². The number of hydrogen-bond donors (Lipinski definition) is 2. The maximum atomic E-state index is 14.1. The van der Waals surface area contributed by atoms with E-state index in [0.29, 0.717) is 34.8 Å². The van der Waals surface area contributed by atoms with Gasteiger partial charge in [0, 0.05) is 60.6 Å². The number of aromatic amines is 1. The van der Waals surface area contributed by atoms with Gasteiger partial charge in [-0.2, -0.15) is 13.2 Å². The Balaban J connectivity index is 1.42. The molecule has 0 bridgehead atoms. The zero-order valence-electron chi connectivity index (χ0n) is 19.7. The Bertz CT molecular complexity index is 1460. The Morgan fingerprint density at radius 3 is 2.56 bits per heavy atom. The Morgan fingerprint density at radius 2 is 1.86 bits per heavy atom. The molecule has 0 unspecified atom stereocenters. The summed E-state index contributed by atoms with van der Waals surface area (Å²) in [6.07, 6.45) is 4.03. The van der Waals surface area contributed by atoms with E-state index in [4.69, 9.17) is 9.97 Å². The minimum atomic E-state index is -4.31. The van der Waals surface area contributed by atoms with Gasteiger partial charge in [-0.25, -0.2) is 15.0 Å². The number of H-pyrrole nitrogens is 1. The van der Waals surface area contributed by atoms with Crippen LogP contribution >= 0.6 is 0 Å². The highest BCUT2D eigenvalue weighted by Crippen LogP contribution is 2.55. The van der Waals surface area contributed by atoms with Crippen LogP contribution in [0, 0.1) is 0 Å². The summed E-state index contributed by atoms with van der Waals surface area (Å²) in [6, 6.07) is 3.41. The van der Waals surface area contributed by atoms with Crippen molar-refractivity contribution in [2.45, 2.75) is 49.6 Å². The molecule has 10 heteroatoms. The molecule has 3 fully saturated rings. The summed E-state index contributed by atoms with van der Waals surface area (Å²) in [5.41, 5.74) is 1.41. The predicted molar refractivity (Wildman–Crippen MR) is 131 cm³/mol. The van der Waals surface area contributed by atoms with Crippen molar-refractivity contribution < 1.29 is 13.2 Å². The number of fused-ring (bicyclic) bond motifs is 2. The van der Waals surface area contributed by atoms with Crippen molar-refractivity contribution in [3.05, 3.63) is 42.0 Å². The van der Waals surface area contributed by atoms with Gasteiger partial charge in [0.25, 0.3) is 0 Å². The van der Waals surface area contributed by atoms with Crippen LogP contribution in [-0.4, -0.2) is 57.3 Å². The SMILES string of the molecule is FC(F)(F)C1(c2cc3c(-c4nc(N5CCNCC5)c5c(C6CC6)cncc5n4)ccnc3[nH]2)CCC1. The van der Waals surface area contributed by atoms with Gasteiger partial charge in [-0.15, -0.1) is 0 Å². The molecule has 186 valence electrons. The fourth-order valence-electron chi connectivity index (χ4n) is 5.73. The summed E-state index contributed by atoms with van der Waals surface area (Å²) in [7, 11) is 0. The average Bonchev–Trinajstić information content (AvgIpc) is 3.60. The maximum Gasteiger partial charge on any atom is 0.399 e. The smallest absolute Gasteiger partial charge is 0.353 e. The summed E-state index contributed by atoms with van der Waals surface area (Å²) < 4.78 is 42.2. The number of pyridine rings is 2. The molecule has 7 nitrogen and oxygen atoms in total. The fourth-order valence-corrected chi connectivity index (χ4v) is 5.73. The summed E-state index contributed by atoms with van der Waals surface area (Å²) in [5, 5.41) is 5.05. The topological polar surface area (TPSA) is 82.6 Å². The molecule has 0 amide bonds. The minimum absolute atomic E-state index is 0.0912. The number of halogens is 3. The lowest BCUT2D eigenvalue weighted by molar-refractivity contribution is -0.213. The molecule has 2 aliphatic carbocycles. The summed E-state index contributed by atoms with van der Waals surface area (Å²) in [4.78, 5) is 24.1. The van der Waals surface area contributed by atoms with Crippen LogP contribution in [0.5, 0.6) is 0 Å². The van der Waals surface area contributed by atoms with Crippen LogP contribution in [0.25, 0.3) is 33.3 Å². The standard InChI is InChI=1S/C26H26F3N7/c27-26(28,29)25(5-1-6-25)20-12-17-16(4-7-32-22(17)34-20)23-33-19-14-31-13-18(15-2-3-15)21(19)24(35-23)36-10-8-30-9-11-36/h4,7,12-15,30H,1-3,5-6,8-11H2,(H,32,34). The third-order valence-corrected chi connectivity index (χ3v) is 8.09. The van der Waals surface area contributed by atoms with E-state index in [1.165, 1.54) is 5.56 Å². The minimum Gasteiger partial charge on any atom is -0.353 e. The first-order chi connectivity index (χ1) is 17.4.